The van der Waals surface area contributed by atoms with Crippen LogP contribution in [0.5, 0.6) is 0 Å². The number of aryl methyl sites for hydroxylation is 1. The fraction of sp³-hybridized carbons (Fsp3) is 0.200. The van der Waals surface area contributed by atoms with Gasteiger partial charge in [0.05, 0.1) is 10.6 Å². The Labute approximate surface area is 131 Å². The molecule has 2 aromatic rings. The van der Waals surface area contributed by atoms with E-state index in [4.69, 9.17) is 0 Å². The van der Waals surface area contributed by atoms with Gasteiger partial charge in [-0.25, -0.2) is 4.98 Å². The summed E-state index contributed by atoms with van der Waals surface area (Å²) in [4.78, 5) is 39.3. The molecule has 2 amide bonds. The number of carbonyl (C=O) groups excluding carboxylic acids is 3. The predicted octanol–water partition coefficient (Wildman–Crippen LogP) is 2.86. The lowest BCUT2D eigenvalue weighted by Gasteiger charge is -2.05. The number of hydrogen-bond donors (Lipinski definition) is 2. The Morgan fingerprint density at radius 2 is 1.86 bits per heavy atom. The molecule has 0 radical (unpaired) electrons. The zero-order valence-electron chi connectivity index (χ0n) is 12.4. The van der Waals surface area contributed by atoms with Crippen molar-refractivity contribution in [2.75, 3.05) is 10.6 Å². The third-order valence-electron chi connectivity index (χ3n) is 2.78. The van der Waals surface area contributed by atoms with Crippen LogP contribution in [-0.4, -0.2) is 22.6 Å². The number of amides is 2. The number of aromatic nitrogens is 1. The molecule has 0 fully saturated rings. The van der Waals surface area contributed by atoms with E-state index in [9.17, 15) is 14.4 Å². The molecule has 0 unspecified atom stereocenters. The monoisotopic (exact) mass is 317 g/mol. The molecule has 22 heavy (non-hydrogen) atoms. The van der Waals surface area contributed by atoms with Gasteiger partial charge in [-0.3, -0.25) is 19.7 Å². The summed E-state index contributed by atoms with van der Waals surface area (Å²) >= 11 is 1.14. The molecule has 1 heterocycles. The average molecular weight is 317 g/mol. The highest BCUT2D eigenvalue weighted by Gasteiger charge is 2.14. The quantitative estimate of drug-likeness (QED) is 0.849. The van der Waals surface area contributed by atoms with Crippen LogP contribution in [-0.2, 0) is 4.79 Å². The first kappa shape index (κ1) is 15.8. The average Bonchev–Trinajstić information content (AvgIpc) is 2.79. The smallest absolute Gasteiger partial charge is 0.257 e. The summed E-state index contributed by atoms with van der Waals surface area (Å²) < 4.78 is 0. The van der Waals surface area contributed by atoms with E-state index < -0.39 is 0 Å². The van der Waals surface area contributed by atoms with E-state index in [0.29, 0.717) is 27.0 Å². The molecule has 1 aromatic carbocycles. The van der Waals surface area contributed by atoms with Gasteiger partial charge in [0.1, 0.15) is 0 Å². The van der Waals surface area contributed by atoms with Gasteiger partial charge in [-0.1, -0.05) is 17.4 Å². The maximum Gasteiger partial charge on any atom is 0.257 e. The molecule has 0 spiro atoms. The second-order valence-corrected chi connectivity index (χ2v) is 5.70. The van der Waals surface area contributed by atoms with Crippen LogP contribution in [0.3, 0.4) is 0 Å². The van der Waals surface area contributed by atoms with Crippen molar-refractivity contribution in [1.82, 2.24) is 4.98 Å². The topological polar surface area (TPSA) is 88.2 Å². The lowest BCUT2D eigenvalue weighted by atomic mass is 10.2. The van der Waals surface area contributed by atoms with Crippen LogP contribution in [0.25, 0.3) is 0 Å². The van der Waals surface area contributed by atoms with E-state index in [1.54, 1.807) is 31.2 Å². The van der Waals surface area contributed by atoms with Crippen LogP contribution in [0.2, 0.25) is 0 Å². The van der Waals surface area contributed by atoms with Gasteiger partial charge < -0.3 is 5.32 Å². The molecule has 1 aromatic heterocycles. The lowest BCUT2D eigenvalue weighted by Crippen LogP contribution is -2.13. The molecule has 114 valence electrons. The van der Waals surface area contributed by atoms with E-state index in [-0.39, 0.29) is 17.6 Å². The van der Waals surface area contributed by atoms with E-state index in [2.05, 4.69) is 15.6 Å². The molecule has 0 aliphatic heterocycles. The summed E-state index contributed by atoms with van der Waals surface area (Å²) in [5.74, 6) is -0.640. The van der Waals surface area contributed by atoms with Crippen molar-refractivity contribution in [1.29, 1.82) is 0 Å². The maximum absolute atomic E-state index is 12.2. The van der Waals surface area contributed by atoms with Crippen LogP contribution in [0.4, 0.5) is 10.8 Å². The summed E-state index contributed by atoms with van der Waals surface area (Å²) in [6.45, 7) is 4.58. The first-order valence-corrected chi connectivity index (χ1v) is 7.36. The summed E-state index contributed by atoms with van der Waals surface area (Å²) in [6.07, 6.45) is 0. The fourth-order valence-electron chi connectivity index (χ4n) is 1.89. The van der Waals surface area contributed by atoms with E-state index in [1.807, 2.05) is 0 Å². The Bertz CT molecular complexity index is 752. The van der Waals surface area contributed by atoms with Crippen molar-refractivity contribution in [3.8, 4) is 0 Å². The zero-order valence-corrected chi connectivity index (χ0v) is 13.2. The molecule has 7 heteroatoms. The number of nitrogens with zero attached hydrogens (tertiary/aromatic N) is 1. The number of thiazole rings is 1. The SMILES string of the molecule is CC(=O)Nc1cccc(C(=O)Nc2nc(C)c(C(C)=O)s2)c1. The number of anilines is 2. The van der Waals surface area contributed by atoms with Crippen LogP contribution in [0.1, 0.15) is 39.6 Å². The summed E-state index contributed by atoms with van der Waals surface area (Å²) in [7, 11) is 0. The Hall–Kier alpha value is -2.54. The highest BCUT2D eigenvalue weighted by atomic mass is 32.1. The zero-order chi connectivity index (χ0) is 16.3. The summed E-state index contributed by atoms with van der Waals surface area (Å²) in [6, 6.07) is 6.57. The van der Waals surface area contributed by atoms with E-state index in [0.717, 1.165) is 11.3 Å². The minimum absolute atomic E-state index is 0.0804. The van der Waals surface area contributed by atoms with Crippen molar-refractivity contribution in [3.63, 3.8) is 0 Å². The molecular formula is C15H15N3O3S. The van der Waals surface area contributed by atoms with Crippen LogP contribution in [0.15, 0.2) is 24.3 Å². The third-order valence-corrected chi connectivity index (χ3v) is 3.96. The molecule has 0 atom stereocenters. The molecule has 0 aliphatic carbocycles. The van der Waals surface area contributed by atoms with E-state index >= 15 is 0 Å². The van der Waals surface area contributed by atoms with Crippen molar-refractivity contribution in [3.05, 3.63) is 40.4 Å². The Morgan fingerprint density at radius 1 is 1.14 bits per heavy atom. The Kier molecular flexibility index (Phi) is 4.67. The highest BCUT2D eigenvalue weighted by Crippen LogP contribution is 2.23. The molecule has 0 saturated heterocycles. The summed E-state index contributed by atoms with van der Waals surface area (Å²) in [5, 5.41) is 5.65. The summed E-state index contributed by atoms with van der Waals surface area (Å²) in [5.41, 5.74) is 1.53. The number of nitrogens with one attached hydrogen (secondary N) is 2. The maximum atomic E-state index is 12.2. The molecular weight excluding hydrogens is 302 g/mol. The Morgan fingerprint density at radius 3 is 2.45 bits per heavy atom. The first-order chi connectivity index (χ1) is 10.4. The van der Waals surface area contributed by atoms with Crippen molar-refractivity contribution < 1.29 is 14.4 Å². The van der Waals surface area contributed by atoms with Gasteiger partial charge in [-0.2, -0.15) is 0 Å². The molecule has 2 rings (SSSR count). The van der Waals surface area contributed by atoms with Gasteiger partial charge in [-0.15, -0.1) is 0 Å². The van der Waals surface area contributed by atoms with Crippen molar-refractivity contribution in [2.45, 2.75) is 20.8 Å². The van der Waals surface area contributed by atoms with Crippen LogP contribution >= 0.6 is 11.3 Å². The van der Waals surface area contributed by atoms with Gasteiger partial charge in [0, 0.05) is 25.1 Å². The largest absolute Gasteiger partial charge is 0.326 e. The molecule has 2 N–H and O–H groups in total. The predicted molar refractivity (Wildman–Crippen MR) is 85.6 cm³/mol. The number of ketones is 1. The van der Waals surface area contributed by atoms with Gasteiger partial charge in [0.15, 0.2) is 10.9 Å². The van der Waals surface area contributed by atoms with Crippen molar-refractivity contribution >= 4 is 39.8 Å². The lowest BCUT2D eigenvalue weighted by molar-refractivity contribution is -0.114. The number of benzene rings is 1. The van der Waals surface area contributed by atoms with Gasteiger partial charge in [-0.05, 0) is 25.1 Å². The standard InChI is InChI=1S/C15H15N3O3S/c1-8-13(9(2)19)22-15(16-8)18-14(21)11-5-4-6-12(7-11)17-10(3)20/h4-7H,1-3H3,(H,17,20)(H,16,18,21). The van der Waals surface area contributed by atoms with Crippen molar-refractivity contribution in [2.24, 2.45) is 0 Å². The first-order valence-electron chi connectivity index (χ1n) is 6.54. The highest BCUT2D eigenvalue weighted by molar-refractivity contribution is 7.17. The number of carbonyl (C=O) groups is 3. The second kappa shape index (κ2) is 6.48. The number of hydrogen-bond acceptors (Lipinski definition) is 5. The molecule has 6 nitrogen and oxygen atoms in total. The van der Waals surface area contributed by atoms with Crippen LogP contribution < -0.4 is 10.6 Å². The molecule has 0 aliphatic rings. The van der Waals surface area contributed by atoms with Gasteiger partial charge in [0.2, 0.25) is 5.91 Å². The van der Waals surface area contributed by atoms with Gasteiger partial charge in [0.25, 0.3) is 5.91 Å². The molecule has 0 bridgehead atoms. The molecule has 0 saturated carbocycles. The number of Topliss-reactive ketones (excluding diaryl/α,β-unsaturated/α-hetero) is 1. The third kappa shape index (κ3) is 3.76. The minimum Gasteiger partial charge on any atom is -0.326 e. The van der Waals surface area contributed by atoms with Gasteiger partial charge >= 0.3 is 0 Å². The van der Waals surface area contributed by atoms with E-state index in [1.165, 1.54) is 13.8 Å². The minimum atomic E-state index is -0.351. The Balaban J connectivity index is 2.17. The van der Waals surface area contributed by atoms with Crippen LogP contribution in [0, 0.1) is 6.92 Å². The normalized spacial score (nSPS) is 10.1. The fourth-order valence-corrected chi connectivity index (χ4v) is 2.74. The number of rotatable bonds is 4. The second-order valence-electron chi connectivity index (χ2n) is 4.71.